The Hall–Kier alpha value is -2.51. The van der Waals surface area contributed by atoms with Crippen LogP contribution in [-0.2, 0) is 13.1 Å². The second-order valence-corrected chi connectivity index (χ2v) is 9.40. The molecule has 0 atom stereocenters. The molecular formula is C25H31N5OS. The standard InChI is InChI=1S/C25H31N5OS/c1-31-23-8-4-19(5-9-23)2-3-20-12-16-28(17-13-20)18-29-25(32)30(22-6-7-22)24(27-29)21-10-14-26-15-11-21/h4-5,8-11,14-15,20,22H,2-3,6-7,12-13,16-18H2,1H3. The van der Waals surface area contributed by atoms with Crippen molar-refractivity contribution in [1.82, 2.24) is 24.2 Å². The summed E-state index contributed by atoms with van der Waals surface area (Å²) in [5.41, 5.74) is 2.49. The molecule has 6 nitrogen and oxygen atoms in total. The third-order valence-corrected chi connectivity index (χ3v) is 7.17. The average molecular weight is 450 g/mol. The summed E-state index contributed by atoms with van der Waals surface area (Å²) in [5, 5.41) is 4.94. The molecule has 1 aliphatic heterocycles. The lowest BCUT2D eigenvalue weighted by Crippen LogP contribution is -2.35. The smallest absolute Gasteiger partial charge is 0.199 e. The van der Waals surface area contributed by atoms with Gasteiger partial charge in [-0.3, -0.25) is 14.5 Å². The molecule has 3 heterocycles. The van der Waals surface area contributed by atoms with Gasteiger partial charge in [0.25, 0.3) is 0 Å². The van der Waals surface area contributed by atoms with Crippen molar-refractivity contribution in [3.05, 3.63) is 59.1 Å². The number of piperidine rings is 1. The van der Waals surface area contributed by atoms with E-state index in [0.717, 1.165) is 54.0 Å². The van der Waals surface area contributed by atoms with Gasteiger partial charge >= 0.3 is 0 Å². The maximum absolute atomic E-state index is 5.85. The van der Waals surface area contributed by atoms with E-state index < -0.39 is 0 Å². The zero-order valence-corrected chi connectivity index (χ0v) is 19.5. The second kappa shape index (κ2) is 9.55. The minimum absolute atomic E-state index is 0.503. The van der Waals surface area contributed by atoms with E-state index in [2.05, 4.69) is 38.7 Å². The van der Waals surface area contributed by atoms with Crippen LogP contribution in [-0.4, -0.2) is 44.4 Å². The summed E-state index contributed by atoms with van der Waals surface area (Å²) in [6.07, 6.45) is 10.9. The maximum atomic E-state index is 5.85. The number of nitrogens with zero attached hydrogens (tertiary/aromatic N) is 5. The summed E-state index contributed by atoms with van der Waals surface area (Å²) in [5.74, 6) is 2.70. The number of aryl methyl sites for hydroxylation is 1. The van der Waals surface area contributed by atoms with Crippen molar-refractivity contribution in [2.75, 3.05) is 20.2 Å². The quantitative estimate of drug-likeness (QED) is 0.447. The molecule has 2 aliphatic rings. The van der Waals surface area contributed by atoms with Crippen LogP contribution in [0, 0.1) is 10.7 Å². The molecule has 2 aromatic heterocycles. The highest BCUT2D eigenvalue weighted by molar-refractivity contribution is 7.71. The lowest BCUT2D eigenvalue weighted by molar-refractivity contribution is 0.136. The Morgan fingerprint density at radius 1 is 1.00 bits per heavy atom. The molecule has 0 amide bonds. The minimum atomic E-state index is 0.503. The largest absolute Gasteiger partial charge is 0.497 e. The molecule has 32 heavy (non-hydrogen) atoms. The molecule has 1 aliphatic carbocycles. The van der Waals surface area contributed by atoms with Gasteiger partial charge in [0.05, 0.1) is 13.8 Å². The van der Waals surface area contributed by atoms with E-state index >= 15 is 0 Å². The fourth-order valence-electron chi connectivity index (χ4n) is 4.64. The van der Waals surface area contributed by atoms with Crippen LogP contribution < -0.4 is 4.74 Å². The first-order valence-electron chi connectivity index (χ1n) is 11.7. The van der Waals surface area contributed by atoms with Gasteiger partial charge in [0, 0.05) is 37.1 Å². The average Bonchev–Trinajstić information content (AvgIpc) is 3.63. The Morgan fingerprint density at radius 3 is 2.38 bits per heavy atom. The van der Waals surface area contributed by atoms with Crippen molar-refractivity contribution in [3.8, 4) is 17.1 Å². The molecule has 0 bridgehead atoms. The molecule has 1 saturated carbocycles. The van der Waals surface area contributed by atoms with Crippen molar-refractivity contribution in [2.45, 2.75) is 51.2 Å². The van der Waals surface area contributed by atoms with E-state index in [-0.39, 0.29) is 0 Å². The molecule has 3 aromatic rings. The molecule has 0 N–H and O–H groups in total. The van der Waals surface area contributed by atoms with Gasteiger partial charge in [-0.25, -0.2) is 4.68 Å². The van der Waals surface area contributed by atoms with Crippen LogP contribution in [0.25, 0.3) is 11.4 Å². The Labute approximate surface area is 194 Å². The van der Waals surface area contributed by atoms with Crippen molar-refractivity contribution >= 4 is 12.2 Å². The van der Waals surface area contributed by atoms with Gasteiger partial charge in [-0.05, 0) is 86.5 Å². The van der Waals surface area contributed by atoms with Crippen molar-refractivity contribution in [3.63, 3.8) is 0 Å². The zero-order valence-electron chi connectivity index (χ0n) is 18.7. The summed E-state index contributed by atoms with van der Waals surface area (Å²) in [4.78, 5) is 6.65. The molecular weight excluding hydrogens is 418 g/mol. The predicted octanol–water partition coefficient (Wildman–Crippen LogP) is 5.12. The summed E-state index contributed by atoms with van der Waals surface area (Å²) >= 11 is 5.85. The number of aromatic nitrogens is 4. The van der Waals surface area contributed by atoms with Crippen LogP contribution in [0.1, 0.15) is 43.7 Å². The Bertz CT molecular complexity index is 1080. The van der Waals surface area contributed by atoms with Crippen molar-refractivity contribution < 1.29 is 4.74 Å². The number of pyridine rings is 1. The highest BCUT2D eigenvalue weighted by Crippen LogP contribution is 2.38. The van der Waals surface area contributed by atoms with Gasteiger partial charge in [0.2, 0.25) is 0 Å². The van der Waals surface area contributed by atoms with Crippen molar-refractivity contribution in [1.29, 1.82) is 0 Å². The van der Waals surface area contributed by atoms with E-state index in [1.165, 1.54) is 37.7 Å². The fourth-order valence-corrected chi connectivity index (χ4v) is 4.98. The number of hydrogen-bond donors (Lipinski definition) is 0. The molecule has 2 fully saturated rings. The van der Waals surface area contributed by atoms with Gasteiger partial charge < -0.3 is 4.74 Å². The van der Waals surface area contributed by atoms with Crippen LogP contribution in [0.2, 0.25) is 0 Å². The highest BCUT2D eigenvalue weighted by Gasteiger charge is 2.29. The van der Waals surface area contributed by atoms with Crippen LogP contribution in [0.5, 0.6) is 5.75 Å². The lowest BCUT2D eigenvalue weighted by Gasteiger charge is -2.31. The molecule has 168 valence electrons. The van der Waals surface area contributed by atoms with Gasteiger partial charge in [0.15, 0.2) is 10.6 Å². The Morgan fingerprint density at radius 2 is 1.72 bits per heavy atom. The van der Waals surface area contributed by atoms with Gasteiger partial charge in [-0.2, -0.15) is 5.10 Å². The predicted molar refractivity (Wildman–Crippen MR) is 128 cm³/mol. The van der Waals surface area contributed by atoms with Crippen LogP contribution in [0.4, 0.5) is 0 Å². The van der Waals surface area contributed by atoms with Gasteiger partial charge in [-0.1, -0.05) is 12.1 Å². The molecule has 0 radical (unpaired) electrons. The number of ether oxygens (including phenoxy) is 1. The van der Waals surface area contributed by atoms with Crippen LogP contribution in [0.3, 0.4) is 0 Å². The second-order valence-electron chi connectivity index (χ2n) is 9.03. The molecule has 1 aromatic carbocycles. The highest BCUT2D eigenvalue weighted by atomic mass is 32.1. The summed E-state index contributed by atoms with van der Waals surface area (Å²) in [7, 11) is 1.71. The fraction of sp³-hybridized carbons (Fsp3) is 0.480. The SMILES string of the molecule is COc1ccc(CCC2CCN(Cn3nc(-c4ccncc4)n(C4CC4)c3=S)CC2)cc1. The van der Waals surface area contributed by atoms with Gasteiger partial charge in [0.1, 0.15) is 5.75 Å². The minimum Gasteiger partial charge on any atom is -0.497 e. The molecule has 7 heteroatoms. The van der Waals surface area contributed by atoms with Crippen LogP contribution in [0.15, 0.2) is 48.8 Å². The molecule has 0 unspecified atom stereocenters. The van der Waals surface area contributed by atoms with E-state index in [1.807, 2.05) is 29.2 Å². The lowest BCUT2D eigenvalue weighted by atomic mass is 9.91. The molecule has 1 saturated heterocycles. The number of hydrogen-bond acceptors (Lipinski definition) is 5. The van der Waals surface area contributed by atoms with Crippen molar-refractivity contribution in [2.24, 2.45) is 5.92 Å². The zero-order chi connectivity index (χ0) is 21.9. The Kier molecular flexibility index (Phi) is 6.37. The first kappa shape index (κ1) is 21.3. The first-order chi connectivity index (χ1) is 15.7. The number of methoxy groups -OCH3 is 1. The Balaban J connectivity index is 1.19. The monoisotopic (exact) mass is 449 g/mol. The summed E-state index contributed by atoms with van der Waals surface area (Å²) in [6.45, 7) is 2.99. The third kappa shape index (κ3) is 4.79. The van der Waals surface area contributed by atoms with E-state index in [9.17, 15) is 0 Å². The maximum Gasteiger partial charge on any atom is 0.199 e. The van der Waals surface area contributed by atoms with E-state index in [4.69, 9.17) is 22.1 Å². The number of rotatable bonds is 8. The summed E-state index contributed by atoms with van der Waals surface area (Å²) < 4.78 is 10.4. The van der Waals surface area contributed by atoms with Gasteiger partial charge in [-0.15, -0.1) is 0 Å². The number of likely N-dealkylation sites (tertiary alicyclic amines) is 1. The van der Waals surface area contributed by atoms with E-state index in [1.54, 1.807) is 7.11 Å². The third-order valence-electron chi connectivity index (χ3n) is 6.76. The van der Waals surface area contributed by atoms with E-state index in [0.29, 0.717) is 6.04 Å². The normalized spacial score (nSPS) is 17.5. The summed E-state index contributed by atoms with van der Waals surface area (Å²) in [6, 6.07) is 13.0. The van der Waals surface area contributed by atoms with Crippen LogP contribution >= 0.6 is 12.2 Å². The molecule has 5 rings (SSSR count). The topological polar surface area (TPSA) is 48.1 Å². The molecule has 0 spiro atoms. The first-order valence-corrected chi connectivity index (χ1v) is 12.1. The number of benzene rings is 1.